The summed E-state index contributed by atoms with van der Waals surface area (Å²) in [5, 5.41) is 8.11. The first-order chi connectivity index (χ1) is 7.05. The van der Waals surface area contributed by atoms with E-state index in [1.807, 2.05) is 24.7 Å². The van der Waals surface area contributed by atoms with Crippen LogP contribution in [-0.4, -0.2) is 27.7 Å². The third kappa shape index (κ3) is 2.54. The first kappa shape index (κ1) is 10.6. The van der Waals surface area contributed by atoms with Crippen LogP contribution < -0.4 is 5.73 Å². The van der Waals surface area contributed by atoms with Crippen LogP contribution in [0.1, 0.15) is 32.4 Å². The molecule has 5 heteroatoms. The van der Waals surface area contributed by atoms with Crippen LogP contribution in [0.5, 0.6) is 0 Å². The molecule has 2 heterocycles. The summed E-state index contributed by atoms with van der Waals surface area (Å²) in [6, 6.07) is 0. The third-order valence-electron chi connectivity index (χ3n) is 2.61. The molecule has 5 nitrogen and oxygen atoms in total. The lowest BCUT2D eigenvalue weighted by atomic mass is 10.0. The van der Waals surface area contributed by atoms with E-state index in [4.69, 9.17) is 10.5 Å². The van der Waals surface area contributed by atoms with E-state index in [1.165, 1.54) is 0 Å². The summed E-state index contributed by atoms with van der Waals surface area (Å²) in [4.78, 5) is 0. The van der Waals surface area contributed by atoms with E-state index in [9.17, 15) is 0 Å². The van der Waals surface area contributed by atoms with Crippen LogP contribution in [0.15, 0.2) is 6.20 Å². The Morgan fingerprint density at radius 3 is 3.00 bits per heavy atom. The van der Waals surface area contributed by atoms with Crippen molar-refractivity contribution in [1.29, 1.82) is 0 Å². The monoisotopic (exact) mass is 210 g/mol. The van der Waals surface area contributed by atoms with Gasteiger partial charge in [0, 0.05) is 6.61 Å². The lowest BCUT2D eigenvalue weighted by molar-refractivity contribution is 0.0935. The molecule has 1 aromatic heterocycles. The highest BCUT2D eigenvalue weighted by molar-refractivity contribution is 5.05. The molecule has 0 bridgehead atoms. The van der Waals surface area contributed by atoms with Crippen molar-refractivity contribution in [2.75, 3.05) is 6.61 Å². The van der Waals surface area contributed by atoms with Gasteiger partial charge in [0.15, 0.2) is 0 Å². The zero-order valence-corrected chi connectivity index (χ0v) is 9.31. The van der Waals surface area contributed by atoms with Crippen molar-refractivity contribution in [2.24, 2.45) is 5.73 Å². The zero-order valence-electron chi connectivity index (χ0n) is 9.31. The molecule has 15 heavy (non-hydrogen) atoms. The number of aromatic nitrogens is 3. The Labute approximate surface area is 89.6 Å². The van der Waals surface area contributed by atoms with Crippen LogP contribution in [0.4, 0.5) is 0 Å². The molecule has 1 aliphatic rings. The van der Waals surface area contributed by atoms with Gasteiger partial charge in [-0.3, -0.25) is 0 Å². The molecule has 0 saturated carbocycles. The first-order valence-corrected chi connectivity index (χ1v) is 5.37. The van der Waals surface area contributed by atoms with Crippen molar-refractivity contribution in [1.82, 2.24) is 15.0 Å². The molecule has 1 saturated heterocycles. The Morgan fingerprint density at radius 2 is 2.47 bits per heavy atom. The molecule has 1 aromatic rings. The minimum atomic E-state index is -0.422. The maximum Gasteiger partial charge on any atom is 0.102 e. The molecule has 2 N–H and O–H groups in total. The van der Waals surface area contributed by atoms with E-state index in [0.717, 1.165) is 31.7 Å². The van der Waals surface area contributed by atoms with Crippen LogP contribution in [0.2, 0.25) is 0 Å². The number of hydrogen-bond acceptors (Lipinski definition) is 4. The van der Waals surface area contributed by atoms with E-state index in [2.05, 4.69) is 10.3 Å². The molecule has 0 aromatic carbocycles. The van der Waals surface area contributed by atoms with Crippen LogP contribution in [0.3, 0.4) is 0 Å². The standard InChI is InChI=1S/C10H18N4O/c1-10(2,11)9-7-14(13-12-9)6-8-4-3-5-15-8/h7-8H,3-6,11H2,1-2H3. The summed E-state index contributed by atoms with van der Waals surface area (Å²) in [5.74, 6) is 0. The highest BCUT2D eigenvalue weighted by atomic mass is 16.5. The number of ether oxygens (including phenoxy) is 1. The predicted molar refractivity (Wildman–Crippen MR) is 56.2 cm³/mol. The van der Waals surface area contributed by atoms with E-state index in [0.29, 0.717) is 6.10 Å². The van der Waals surface area contributed by atoms with Gasteiger partial charge in [-0.15, -0.1) is 5.10 Å². The van der Waals surface area contributed by atoms with Gasteiger partial charge in [0.25, 0.3) is 0 Å². The quantitative estimate of drug-likeness (QED) is 0.795. The van der Waals surface area contributed by atoms with Gasteiger partial charge in [-0.2, -0.15) is 0 Å². The molecule has 2 rings (SSSR count). The maximum atomic E-state index is 5.93. The van der Waals surface area contributed by atoms with E-state index >= 15 is 0 Å². The summed E-state index contributed by atoms with van der Waals surface area (Å²) >= 11 is 0. The Morgan fingerprint density at radius 1 is 1.67 bits per heavy atom. The Bertz CT molecular complexity index is 322. The number of nitrogens with two attached hydrogens (primary N) is 1. The predicted octanol–water partition coefficient (Wildman–Crippen LogP) is 0.651. The fraction of sp³-hybridized carbons (Fsp3) is 0.800. The lowest BCUT2D eigenvalue weighted by Crippen LogP contribution is -2.29. The fourth-order valence-electron chi connectivity index (χ4n) is 1.68. The number of nitrogens with zero attached hydrogens (tertiary/aromatic N) is 3. The zero-order chi connectivity index (χ0) is 10.9. The minimum Gasteiger partial charge on any atom is -0.376 e. The van der Waals surface area contributed by atoms with Crippen molar-refractivity contribution in [3.8, 4) is 0 Å². The van der Waals surface area contributed by atoms with Crippen molar-refractivity contribution in [3.05, 3.63) is 11.9 Å². The second-order valence-electron chi connectivity index (χ2n) is 4.68. The average molecular weight is 210 g/mol. The first-order valence-electron chi connectivity index (χ1n) is 5.37. The molecule has 1 unspecified atom stereocenters. The van der Waals surface area contributed by atoms with Crippen LogP contribution in [0.25, 0.3) is 0 Å². The lowest BCUT2D eigenvalue weighted by Gasteiger charge is -2.13. The number of rotatable bonds is 3. The third-order valence-corrected chi connectivity index (χ3v) is 2.61. The van der Waals surface area contributed by atoms with Crippen molar-refractivity contribution < 1.29 is 4.74 Å². The molecule has 1 atom stereocenters. The summed E-state index contributed by atoms with van der Waals surface area (Å²) in [6.45, 7) is 5.50. The smallest absolute Gasteiger partial charge is 0.102 e. The Balaban J connectivity index is 2.00. The molecule has 0 radical (unpaired) electrons. The van der Waals surface area contributed by atoms with Crippen LogP contribution in [0, 0.1) is 0 Å². The van der Waals surface area contributed by atoms with Gasteiger partial charge in [-0.1, -0.05) is 5.21 Å². The van der Waals surface area contributed by atoms with E-state index < -0.39 is 5.54 Å². The van der Waals surface area contributed by atoms with Crippen molar-refractivity contribution in [2.45, 2.75) is 44.9 Å². The topological polar surface area (TPSA) is 66.0 Å². The summed E-state index contributed by atoms with van der Waals surface area (Å²) < 4.78 is 7.35. The normalized spacial score (nSPS) is 22.2. The second kappa shape index (κ2) is 3.90. The molecule has 0 amide bonds. The van der Waals surface area contributed by atoms with Gasteiger partial charge in [0.2, 0.25) is 0 Å². The van der Waals surface area contributed by atoms with Gasteiger partial charge in [0.05, 0.1) is 24.4 Å². The molecular weight excluding hydrogens is 192 g/mol. The van der Waals surface area contributed by atoms with Gasteiger partial charge < -0.3 is 10.5 Å². The Kier molecular flexibility index (Phi) is 2.75. The maximum absolute atomic E-state index is 5.93. The largest absolute Gasteiger partial charge is 0.376 e. The van der Waals surface area contributed by atoms with Gasteiger partial charge in [-0.05, 0) is 26.7 Å². The summed E-state index contributed by atoms with van der Waals surface area (Å²) in [6.07, 6.45) is 4.46. The highest BCUT2D eigenvalue weighted by Gasteiger charge is 2.20. The van der Waals surface area contributed by atoms with Crippen LogP contribution in [-0.2, 0) is 16.8 Å². The van der Waals surface area contributed by atoms with Gasteiger partial charge >= 0.3 is 0 Å². The molecule has 0 spiro atoms. The van der Waals surface area contributed by atoms with Gasteiger partial charge in [-0.25, -0.2) is 4.68 Å². The van der Waals surface area contributed by atoms with E-state index in [1.54, 1.807) is 0 Å². The second-order valence-corrected chi connectivity index (χ2v) is 4.68. The molecule has 84 valence electrons. The number of hydrogen-bond donors (Lipinski definition) is 1. The summed E-state index contributed by atoms with van der Waals surface area (Å²) in [5.41, 5.74) is 6.33. The average Bonchev–Trinajstić information content (AvgIpc) is 2.73. The van der Waals surface area contributed by atoms with Crippen LogP contribution >= 0.6 is 0 Å². The molecular formula is C10H18N4O. The van der Waals surface area contributed by atoms with Crippen molar-refractivity contribution >= 4 is 0 Å². The summed E-state index contributed by atoms with van der Waals surface area (Å²) in [7, 11) is 0. The van der Waals surface area contributed by atoms with Crippen molar-refractivity contribution in [3.63, 3.8) is 0 Å². The van der Waals surface area contributed by atoms with E-state index in [-0.39, 0.29) is 0 Å². The fourth-order valence-corrected chi connectivity index (χ4v) is 1.68. The highest BCUT2D eigenvalue weighted by Crippen LogP contribution is 2.16. The Hall–Kier alpha value is -0.940. The molecule has 1 aliphatic heterocycles. The SMILES string of the molecule is CC(C)(N)c1cn(CC2CCCO2)nn1. The molecule has 1 fully saturated rings. The molecule has 0 aliphatic carbocycles. The van der Waals surface area contributed by atoms with Gasteiger partial charge in [0.1, 0.15) is 5.69 Å². The minimum absolute atomic E-state index is 0.292.